The number of rotatable bonds is 7. The molecule has 0 aromatic heterocycles. The number of hydrogen-bond donors (Lipinski definition) is 2. The molecule has 0 radical (unpaired) electrons. The summed E-state index contributed by atoms with van der Waals surface area (Å²) in [7, 11) is 0. The van der Waals surface area contributed by atoms with Crippen molar-refractivity contribution < 1.29 is 19.4 Å². The number of amides is 1. The van der Waals surface area contributed by atoms with Gasteiger partial charge in [-0.1, -0.05) is 0 Å². The average molecular weight is 203 g/mol. The molecule has 0 rings (SSSR count). The molecule has 0 aliphatic carbocycles. The van der Waals surface area contributed by atoms with Gasteiger partial charge in [-0.15, -0.1) is 0 Å². The van der Waals surface area contributed by atoms with Crippen molar-refractivity contribution in [3.8, 4) is 0 Å². The van der Waals surface area contributed by atoms with Gasteiger partial charge in [0.15, 0.2) is 0 Å². The van der Waals surface area contributed by atoms with Crippen LogP contribution in [0.3, 0.4) is 0 Å². The van der Waals surface area contributed by atoms with Crippen LogP contribution in [-0.2, 0) is 14.3 Å². The molecule has 5 nitrogen and oxygen atoms in total. The highest BCUT2D eigenvalue weighted by Gasteiger charge is 2.04. The highest BCUT2D eigenvalue weighted by Crippen LogP contribution is 1.93. The summed E-state index contributed by atoms with van der Waals surface area (Å²) in [5.41, 5.74) is 0. The van der Waals surface area contributed by atoms with Crippen LogP contribution >= 0.6 is 0 Å². The summed E-state index contributed by atoms with van der Waals surface area (Å²) in [6, 6.07) is 0. The van der Waals surface area contributed by atoms with Crippen LogP contribution in [0.1, 0.15) is 26.2 Å². The Labute approximate surface area is 83.4 Å². The van der Waals surface area contributed by atoms with Crippen LogP contribution < -0.4 is 5.32 Å². The van der Waals surface area contributed by atoms with E-state index in [0.29, 0.717) is 25.9 Å². The Kier molecular flexibility index (Phi) is 7.83. The molecular weight excluding hydrogens is 186 g/mol. The molecule has 0 fully saturated rings. The van der Waals surface area contributed by atoms with Crippen molar-refractivity contribution in [2.24, 2.45) is 0 Å². The Morgan fingerprint density at radius 3 is 2.64 bits per heavy atom. The topological polar surface area (TPSA) is 75.6 Å². The molecule has 2 N–H and O–H groups in total. The minimum Gasteiger partial charge on any atom is -0.465 e. The molecule has 0 aliphatic rings. The van der Waals surface area contributed by atoms with E-state index in [0.717, 1.165) is 0 Å². The van der Waals surface area contributed by atoms with E-state index in [1.807, 2.05) is 0 Å². The molecule has 0 saturated carbocycles. The van der Waals surface area contributed by atoms with Crippen molar-refractivity contribution in [2.45, 2.75) is 26.2 Å². The van der Waals surface area contributed by atoms with Gasteiger partial charge in [0.25, 0.3) is 0 Å². The van der Waals surface area contributed by atoms with Crippen LogP contribution in [0, 0.1) is 0 Å². The van der Waals surface area contributed by atoms with Gasteiger partial charge in [0.1, 0.15) is 6.54 Å². The van der Waals surface area contributed by atoms with Crippen molar-refractivity contribution >= 4 is 11.9 Å². The molecular formula is C9H17NO4. The molecule has 0 aromatic rings. The van der Waals surface area contributed by atoms with Crippen LogP contribution in [0.5, 0.6) is 0 Å². The number of esters is 1. The normalized spacial score (nSPS) is 9.57. The number of nitrogens with one attached hydrogen (secondary N) is 1. The fourth-order valence-corrected chi connectivity index (χ4v) is 0.869. The minimum absolute atomic E-state index is 0.0776. The van der Waals surface area contributed by atoms with Crippen molar-refractivity contribution in [1.29, 1.82) is 0 Å². The van der Waals surface area contributed by atoms with Gasteiger partial charge in [-0.25, -0.2) is 0 Å². The predicted octanol–water partition coefficient (Wildman–Crippen LogP) is -0.172. The number of aliphatic hydroxyl groups is 1. The Morgan fingerprint density at radius 1 is 1.36 bits per heavy atom. The molecule has 5 heteroatoms. The third-order valence-corrected chi connectivity index (χ3v) is 1.55. The van der Waals surface area contributed by atoms with Gasteiger partial charge in [-0.2, -0.15) is 0 Å². The second kappa shape index (κ2) is 8.50. The molecule has 0 heterocycles. The van der Waals surface area contributed by atoms with Crippen LogP contribution in [0.2, 0.25) is 0 Å². The molecule has 82 valence electrons. The average Bonchev–Trinajstić information content (AvgIpc) is 2.16. The van der Waals surface area contributed by atoms with Gasteiger partial charge in [-0.05, 0) is 19.8 Å². The molecule has 1 amide bonds. The number of carbonyl (C=O) groups excluding carboxylic acids is 2. The molecule has 0 atom stereocenters. The second-order valence-corrected chi connectivity index (χ2v) is 2.76. The first-order valence-electron chi connectivity index (χ1n) is 4.74. The van der Waals surface area contributed by atoms with Crippen molar-refractivity contribution in [2.75, 3.05) is 19.8 Å². The molecule has 14 heavy (non-hydrogen) atoms. The summed E-state index contributed by atoms with van der Waals surface area (Å²) < 4.78 is 4.62. The first-order chi connectivity index (χ1) is 6.70. The fourth-order valence-electron chi connectivity index (χ4n) is 0.869. The Morgan fingerprint density at radius 2 is 2.07 bits per heavy atom. The minimum atomic E-state index is -0.428. The summed E-state index contributed by atoms with van der Waals surface area (Å²) >= 11 is 0. The van der Waals surface area contributed by atoms with Crippen LogP contribution in [0.25, 0.3) is 0 Å². The third kappa shape index (κ3) is 7.54. The van der Waals surface area contributed by atoms with Crippen molar-refractivity contribution in [1.82, 2.24) is 5.32 Å². The van der Waals surface area contributed by atoms with E-state index in [-0.39, 0.29) is 19.1 Å². The van der Waals surface area contributed by atoms with Gasteiger partial charge in [0.2, 0.25) is 5.91 Å². The van der Waals surface area contributed by atoms with Gasteiger partial charge in [-0.3, -0.25) is 9.59 Å². The lowest BCUT2D eigenvalue weighted by Gasteiger charge is -2.04. The number of aliphatic hydroxyl groups excluding tert-OH is 1. The van der Waals surface area contributed by atoms with E-state index in [1.165, 1.54) is 0 Å². The zero-order valence-corrected chi connectivity index (χ0v) is 8.41. The zero-order valence-electron chi connectivity index (χ0n) is 8.41. The van der Waals surface area contributed by atoms with Crippen molar-refractivity contribution in [3.63, 3.8) is 0 Å². The van der Waals surface area contributed by atoms with E-state index in [9.17, 15) is 9.59 Å². The summed E-state index contributed by atoms with van der Waals surface area (Å²) in [5.74, 6) is -0.616. The Balaban J connectivity index is 3.39. The van der Waals surface area contributed by atoms with Gasteiger partial charge >= 0.3 is 5.97 Å². The number of ether oxygens (including phenoxy) is 1. The van der Waals surface area contributed by atoms with Gasteiger partial charge < -0.3 is 15.2 Å². The Bertz CT molecular complexity index is 182. The van der Waals surface area contributed by atoms with E-state index < -0.39 is 5.97 Å². The van der Waals surface area contributed by atoms with E-state index >= 15 is 0 Å². The molecule has 0 saturated heterocycles. The van der Waals surface area contributed by atoms with Crippen molar-refractivity contribution in [3.05, 3.63) is 0 Å². The summed E-state index contributed by atoms with van der Waals surface area (Å²) in [5, 5.41) is 10.9. The first kappa shape index (κ1) is 12.9. The molecule has 0 bridgehead atoms. The summed E-state index contributed by atoms with van der Waals surface area (Å²) in [4.78, 5) is 21.8. The maximum absolute atomic E-state index is 11.0. The maximum Gasteiger partial charge on any atom is 0.325 e. The van der Waals surface area contributed by atoms with E-state index in [4.69, 9.17) is 5.11 Å². The number of hydrogen-bond acceptors (Lipinski definition) is 4. The van der Waals surface area contributed by atoms with E-state index in [1.54, 1.807) is 6.92 Å². The third-order valence-electron chi connectivity index (χ3n) is 1.55. The summed E-state index contributed by atoms with van der Waals surface area (Å²) in [6.45, 7) is 2.04. The highest BCUT2D eigenvalue weighted by molar-refractivity contribution is 5.81. The zero-order chi connectivity index (χ0) is 10.8. The number of unbranched alkanes of at least 4 members (excludes halogenated alkanes) is 1. The fraction of sp³-hybridized carbons (Fsp3) is 0.778. The maximum atomic E-state index is 11.0. The quantitative estimate of drug-likeness (QED) is 0.445. The van der Waals surface area contributed by atoms with E-state index in [2.05, 4.69) is 10.1 Å². The van der Waals surface area contributed by atoms with Crippen LogP contribution in [0.4, 0.5) is 0 Å². The lowest BCUT2D eigenvalue weighted by Crippen LogP contribution is -2.30. The van der Waals surface area contributed by atoms with Crippen LogP contribution in [-0.4, -0.2) is 36.7 Å². The first-order valence-corrected chi connectivity index (χ1v) is 4.74. The second-order valence-electron chi connectivity index (χ2n) is 2.76. The predicted molar refractivity (Wildman–Crippen MR) is 50.6 cm³/mol. The largest absolute Gasteiger partial charge is 0.465 e. The smallest absolute Gasteiger partial charge is 0.325 e. The highest BCUT2D eigenvalue weighted by atomic mass is 16.5. The lowest BCUT2D eigenvalue weighted by molar-refractivity contribution is -0.143. The lowest BCUT2D eigenvalue weighted by atomic mass is 10.2. The SMILES string of the molecule is CCOC(=O)CNC(=O)CCCCO. The molecule has 0 aliphatic heterocycles. The Hall–Kier alpha value is -1.10. The standard InChI is InChI=1S/C9H17NO4/c1-2-14-9(13)7-10-8(12)5-3-4-6-11/h11H,2-7H2,1H3,(H,10,12). The molecule has 0 aromatic carbocycles. The number of carbonyl (C=O) groups is 2. The van der Waals surface area contributed by atoms with Gasteiger partial charge in [0, 0.05) is 13.0 Å². The molecule has 0 spiro atoms. The molecule has 0 unspecified atom stereocenters. The van der Waals surface area contributed by atoms with Gasteiger partial charge in [0.05, 0.1) is 6.61 Å². The van der Waals surface area contributed by atoms with Crippen LogP contribution in [0.15, 0.2) is 0 Å². The monoisotopic (exact) mass is 203 g/mol. The summed E-state index contributed by atoms with van der Waals surface area (Å²) in [6.07, 6.45) is 1.57.